The molecule has 0 saturated carbocycles. The summed E-state index contributed by atoms with van der Waals surface area (Å²) < 4.78 is 27.4. The highest BCUT2D eigenvalue weighted by Crippen LogP contribution is 2.26. The maximum atomic E-state index is 12.8. The Morgan fingerprint density at radius 1 is 1.10 bits per heavy atom. The van der Waals surface area contributed by atoms with Crippen molar-refractivity contribution in [2.45, 2.75) is 63.0 Å². The zero-order valence-corrected chi connectivity index (χ0v) is 19.1. The average Bonchev–Trinajstić information content (AvgIpc) is 2.93. The number of nitrogens with zero attached hydrogens (tertiary/aromatic N) is 3. The van der Waals surface area contributed by atoms with E-state index >= 15 is 0 Å². The number of hydrogen-bond acceptors (Lipinski definition) is 4. The topological polar surface area (TPSA) is 61.2 Å². The minimum Gasteiger partial charge on any atom is -0.610 e. The molecule has 0 radical (unpaired) electrons. The van der Waals surface area contributed by atoms with Gasteiger partial charge in [-0.05, 0) is 83.3 Å². The Labute approximate surface area is 176 Å². The fourth-order valence-electron chi connectivity index (χ4n) is 4.28. The van der Waals surface area contributed by atoms with Crippen molar-refractivity contribution in [3.05, 3.63) is 46.8 Å². The van der Waals surface area contributed by atoms with Crippen LogP contribution in [0.25, 0.3) is 0 Å². The molecule has 0 bridgehead atoms. The van der Waals surface area contributed by atoms with E-state index in [0.29, 0.717) is 4.90 Å². The number of sulfone groups is 1. The van der Waals surface area contributed by atoms with Crippen molar-refractivity contribution >= 4 is 10.2 Å². The van der Waals surface area contributed by atoms with Crippen LogP contribution in [-0.2, 0) is 33.6 Å². The van der Waals surface area contributed by atoms with E-state index < -0.39 is 10.2 Å². The Hall–Kier alpha value is -1.50. The van der Waals surface area contributed by atoms with Crippen molar-refractivity contribution < 1.29 is 8.76 Å². The van der Waals surface area contributed by atoms with Crippen LogP contribution in [0.4, 0.5) is 0 Å². The first kappa shape index (κ1) is 22.2. The zero-order chi connectivity index (χ0) is 21.0. The predicted molar refractivity (Wildman–Crippen MR) is 118 cm³/mol. The second-order valence-electron chi connectivity index (χ2n) is 8.67. The van der Waals surface area contributed by atoms with Crippen LogP contribution in [0.2, 0.25) is 0 Å². The molecule has 6 heteroatoms. The highest BCUT2D eigenvalue weighted by atomic mass is 32.3. The van der Waals surface area contributed by atoms with Crippen LogP contribution in [0.1, 0.15) is 54.6 Å². The van der Waals surface area contributed by atoms with Gasteiger partial charge in [0, 0.05) is 18.3 Å². The fourth-order valence-corrected chi connectivity index (χ4v) is 5.79. The third-order valence-corrected chi connectivity index (χ3v) is 8.10. The molecule has 1 atom stereocenters. The van der Waals surface area contributed by atoms with Gasteiger partial charge in [0.15, 0.2) is 4.90 Å². The Morgan fingerprint density at radius 3 is 2.34 bits per heavy atom. The molecular weight excluding hydrogens is 382 g/mol. The number of piperidine rings is 1. The number of aromatic nitrogens is 2. The van der Waals surface area contributed by atoms with Crippen molar-refractivity contribution in [1.82, 2.24) is 14.7 Å². The molecule has 3 rings (SSSR count). The van der Waals surface area contributed by atoms with Gasteiger partial charge < -0.3 is 9.45 Å². The second kappa shape index (κ2) is 9.54. The Bertz CT molecular complexity index is 852. The van der Waals surface area contributed by atoms with Gasteiger partial charge >= 0.3 is 0 Å². The molecule has 1 aliphatic heterocycles. The number of rotatable bonds is 8. The second-order valence-corrected chi connectivity index (χ2v) is 10.7. The van der Waals surface area contributed by atoms with Crippen LogP contribution in [0.15, 0.2) is 29.2 Å². The highest BCUT2D eigenvalue weighted by molar-refractivity contribution is 7.96. The first-order valence-electron chi connectivity index (χ1n) is 10.8. The van der Waals surface area contributed by atoms with E-state index in [1.165, 1.54) is 50.8 Å². The largest absolute Gasteiger partial charge is 0.610 e. The molecule has 5 nitrogen and oxygen atoms in total. The van der Waals surface area contributed by atoms with Gasteiger partial charge in [0.2, 0.25) is 0 Å². The molecule has 160 valence electrons. The van der Waals surface area contributed by atoms with Crippen molar-refractivity contribution in [1.29, 1.82) is 0 Å². The fraction of sp³-hybridized carbons (Fsp3) is 0.609. The minimum atomic E-state index is -3.36. The molecule has 2 heterocycles. The molecule has 1 aliphatic rings. The lowest BCUT2D eigenvalue weighted by atomic mass is 9.91. The van der Waals surface area contributed by atoms with Crippen molar-refractivity contribution in [2.24, 2.45) is 13.0 Å². The maximum absolute atomic E-state index is 12.8. The summed E-state index contributed by atoms with van der Waals surface area (Å²) in [4.78, 5) is 2.82. The van der Waals surface area contributed by atoms with Gasteiger partial charge in [0.05, 0.1) is 15.9 Å². The Balaban J connectivity index is 1.50. The molecule has 29 heavy (non-hydrogen) atoms. The molecule has 1 saturated heterocycles. The minimum absolute atomic E-state index is 0.00836. The quantitative estimate of drug-likeness (QED) is 0.475. The van der Waals surface area contributed by atoms with E-state index in [1.54, 1.807) is 16.8 Å². The van der Waals surface area contributed by atoms with Crippen LogP contribution in [0.5, 0.6) is 0 Å². The maximum Gasteiger partial charge on any atom is 0.155 e. The molecule has 0 spiro atoms. The van der Waals surface area contributed by atoms with E-state index in [9.17, 15) is 8.76 Å². The van der Waals surface area contributed by atoms with Crippen LogP contribution < -0.4 is 0 Å². The lowest BCUT2D eigenvalue weighted by Crippen LogP contribution is -2.30. The summed E-state index contributed by atoms with van der Waals surface area (Å²) in [6, 6.07) is 7.49. The monoisotopic (exact) mass is 417 g/mol. The average molecular weight is 418 g/mol. The van der Waals surface area contributed by atoms with Crippen molar-refractivity contribution in [2.75, 3.05) is 20.1 Å². The summed E-state index contributed by atoms with van der Waals surface area (Å²) in [6.07, 6.45) is 7.44. The zero-order valence-electron chi connectivity index (χ0n) is 18.3. The summed E-state index contributed by atoms with van der Waals surface area (Å²) in [5, 5.41) is 4.33. The van der Waals surface area contributed by atoms with Gasteiger partial charge in [-0.2, -0.15) is 5.10 Å². The highest BCUT2D eigenvalue weighted by Gasteiger charge is 2.25. The van der Waals surface area contributed by atoms with Gasteiger partial charge in [-0.25, -0.2) is 0 Å². The summed E-state index contributed by atoms with van der Waals surface area (Å²) in [5.74, 6) is 0.896. The normalized spacial score (nSPS) is 18.1. The third-order valence-electron chi connectivity index (χ3n) is 6.44. The molecule has 1 unspecified atom stereocenters. The van der Waals surface area contributed by atoms with Gasteiger partial charge in [0.1, 0.15) is 5.75 Å². The predicted octanol–water partition coefficient (Wildman–Crippen LogP) is 4.28. The molecular formula is C23H35N3O2S. The first-order valence-corrected chi connectivity index (χ1v) is 12.4. The summed E-state index contributed by atoms with van der Waals surface area (Å²) >= 11 is 0. The van der Waals surface area contributed by atoms with Gasteiger partial charge in [0.25, 0.3) is 0 Å². The lowest BCUT2D eigenvalue weighted by molar-refractivity contribution is 0.210. The Kier molecular flexibility index (Phi) is 7.30. The summed E-state index contributed by atoms with van der Waals surface area (Å²) in [7, 11) is 0.691. The van der Waals surface area contributed by atoms with E-state index in [4.69, 9.17) is 0 Å². The van der Waals surface area contributed by atoms with Gasteiger partial charge in [-0.15, -0.1) is 4.21 Å². The van der Waals surface area contributed by atoms with Crippen LogP contribution >= 0.6 is 0 Å². The van der Waals surface area contributed by atoms with Gasteiger partial charge in [-0.3, -0.25) is 4.68 Å². The van der Waals surface area contributed by atoms with E-state index in [1.807, 2.05) is 33.0 Å². The molecule has 1 fully saturated rings. The summed E-state index contributed by atoms with van der Waals surface area (Å²) in [5.41, 5.74) is 3.73. The molecule has 2 aromatic rings. The Morgan fingerprint density at radius 2 is 1.76 bits per heavy atom. The lowest BCUT2D eigenvalue weighted by Gasteiger charge is -2.28. The van der Waals surface area contributed by atoms with Crippen LogP contribution in [0.3, 0.4) is 0 Å². The third kappa shape index (κ3) is 5.77. The number of benzene rings is 1. The molecule has 0 N–H and O–H groups in total. The molecule has 0 amide bonds. The van der Waals surface area contributed by atoms with Crippen LogP contribution in [-0.4, -0.2) is 39.4 Å². The smallest absolute Gasteiger partial charge is 0.155 e. The number of likely N-dealkylation sites (tertiary alicyclic amines) is 1. The van der Waals surface area contributed by atoms with Crippen LogP contribution in [0, 0.1) is 19.8 Å². The number of unbranched alkanes of at least 4 members (excludes halogenated alkanes) is 1. The van der Waals surface area contributed by atoms with Gasteiger partial charge in [-0.1, -0.05) is 25.0 Å². The van der Waals surface area contributed by atoms with E-state index in [2.05, 4.69) is 17.0 Å². The van der Waals surface area contributed by atoms with E-state index in [0.717, 1.165) is 29.3 Å². The van der Waals surface area contributed by atoms with E-state index in [-0.39, 0.29) is 5.75 Å². The molecule has 0 aliphatic carbocycles. The molecule has 1 aromatic heterocycles. The molecule has 1 aromatic carbocycles. The van der Waals surface area contributed by atoms with Crippen molar-refractivity contribution in [3.8, 4) is 0 Å². The first-order chi connectivity index (χ1) is 13.8. The standard InChI is InChI=1S/C23H35N3O2S/c1-18-23(19(2)26(4)24-18)17-29(27,28)22-11-9-20(10-12-22)7-5-6-8-21-13-15-25(3)16-14-21/h9-12,21H,5-8,13-17H2,1-4H3. The van der Waals surface area contributed by atoms with Crippen molar-refractivity contribution in [3.63, 3.8) is 0 Å². The summed E-state index contributed by atoms with van der Waals surface area (Å²) in [6.45, 7) is 6.25. The number of aryl methyl sites for hydroxylation is 3. The number of hydrogen-bond donors (Lipinski definition) is 0. The SMILES string of the molecule is Cc1nn(C)c(C)c1C[S+](=O)([O-])c1ccc(CCCCC2CCN(C)CC2)cc1.